The maximum absolute atomic E-state index is 4.32. The molecule has 0 saturated carbocycles. The van der Waals surface area contributed by atoms with Crippen molar-refractivity contribution in [1.29, 1.82) is 0 Å². The second-order valence-electron chi connectivity index (χ2n) is 6.22. The van der Waals surface area contributed by atoms with E-state index >= 15 is 0 Å². The number of likely N-dealkylation sites (tertiary alicyclic amines) is 1. The van der Waals surface area contributed by atoms with Crippen LogP contribution in [0.3, 0.4) is 0 Å². The van der Waals surface area contributed by atoms with Crippen molar-refractivity contribution in [1.82, 2.24) is 15.5 Å². The van der Waals surface area contributed by atoms with Crippen molar-refractivity contribution >= 4 is 41.3 Å². The van der Waals surface area contributed by atoms with Gasteiger partial charge in [0, 0.05) is 32.7 Å². The van der Waals surface area contributed by atoms with Crippen LogP contribution >= 0.6 is 35.3 Å². The van der Waals surface area contributed by atoms with Gasteiger partial charge >= 0.3 is 0 Å². The summed E-state index contributed by atoms with van der Waals surface area (Å²) in [5.74, 6) is 1.42. The monoisotopic (exact) mass is 450 g/mol. The van der Waals surface area contributed by atoms with Crippen molar-refractivity contribution in [2.24, 2.45) is 4.99 Å². The lowest BCUT2D eigenvalue weighted by Crippen LogP contribution is -2.45. The molecule has 1 saturated heterocycles. The van der Waals surface area contributed by atoms with Gasteiger partial charge in [0.15, 0.2) is 5.96 Å². The maximum atomic E-state index is 4.32. The number of hydrogen-bond acceptors (Lipinski definition) is 3. The number of rotatable bonds is 6. The molecule has 1 aliphatic heterocycles. The zero-order chi connectivity index (χ0) is 15.8. The quantitative estimate of drug-likeness (QED) is 0.396. The standard InChI is InChI=1S/C17H30N4S.HI/c1-14(16-7-11-22-13-16)12-20-17(18-3)19-8-10-21-9-5-4-6-15(21)2;/h7,11,13-15H,4-6,8-10,12H2,1-3H3,(H2,18,19,20);1H. The van der Waals surface area contributed by atoms with Crippen molar-refractivity contribution in [2.45, 2.75) is 45.1 Å². The molecule has 1 fully saturated rings. The van der Waals surface area contributed by atoms with Crippen LogP contribution in [0.4, 0.5) is 0 Å². The fourth-order valence-electron chi connectivity index (χ4n) is 2.95. The van der Waals surface area contributed by atoms with Gasteiger partial charge in [0.05, 0.1) is 0 Å². The molecular weight excluding hydrogens is 419 g/mol. The van der Waals surface area contributed by atoms with Gasteiger partial charge in [-0.1, -0.05) is 13.3 Å². The highest BCUT2D eigenvalue weighted by Gasteiger charge is 2.17. The number of aliphatic imine (C=N–C) groups is 1. The molecule has 1 aromatic rings. The Morgan fingerprint density at radius 3 is 2.91 bits per heavy atom. The van der Waals surface area contributed by atoms with E-state index in [9.17, 15) is 0 Å². The highest BCUT2D eigenvalue weighted by molar-refractivity contribution is 14.0. The second kappa shape index (κ2) is 11.3. The van der Waals surface area contributed by atoms with Gasteiger partial charge in [0.2, 0.25) is 0 Å². The highest BCUT2D eigenvalue weighted by Crippen LogP contribution is 2.17. The lowest BCUT2D eigenvalue weighted by Gasteiger charge is -2.33. The normalized spacial score (nSPS) is 20.7. The topological polar surface area (TPSA) is 39.7 Å². The average Bonchev–Trinajstić information content (AvgIpc) is 3.06. The van der Waals surface area contributed by atoms with Crippen molar-refractivity contribution in [2.75, 3.05) is 33.2 Å². The number of piperidine rings is 1. The molecule has 2 rings (SSSR count). The van der Waals surface area contributed by atoms with Gasteiger partial charge in [-0.2, -0.15) is 11.3 Å². The van der Waals surface area contributed by atoms with E-state index in [1.807, 2.05) is 7.05 Å². The summed E-state index contributed by atoms with van der Waals surface area (Å²) in [7, 11) is 1.84. The summed E-state index contributed by atoms with van der Waals surface area (Å²) in [4.78, 5) is 6.90. The largest absolute Gasteiger partial charge is 0.356 e. The first kappa shape index (κ1) is 20.7. The molecule has 0 amide bonds. The van der Waals surface area contributed by atoms with E-state index in [-0.39, 0.29) is 24.0 Å². The van der Waals surface area contributed by atoms with E-state index < -0.39 is 0 Å². The number of nitrogens with one attached hydrogen (secondary N) is 2. The van der Waals surface area contributed by atoms with Crippen LogP contribution in [-0.4, -0.2) is 50.1 Å². The lowest BCUT2D eigenvalue weighted by atomic mass is 10.0. The molecule has 0 aliphatic carbocycles. The summed E-state index contributed by atoms with van der Waals surface area (Å²) < 4.78 is 0. The third-order valence-electron chi connectivity index (χ3n) is 4.54. The number of guanidine groups is 1. The predicted molar refractivity (Wildman–Crippen MR) is 112 cm³/mol. The summed E-state index contributed by atoms with van der Waals surface area (Å²) in [6, 6.07) is 2.93. The van der Waals surface area contributed by atoms with Gasteiger partial charge in [-0.25, -0.2) is 0 Å². The number of halogens is 1. The molecule has 2 unspecified atom stereocenters. The number of nitrogens with zero attached hydrogens (tertiary/aromatic N) is 2. The van der Waals surface area contributed by atoms with E-state index in [1.54, 1.807) is 11.3 Å². The molecule has 2 N–H and O–H groups in total. The van der Waals surface area contributed by atoms with Crippen LogP contribution in [0.15, 0.2) is 21.8 Å². The van der Waals surface area contributed by atoms with E-state index in [4.69, 9.17) is 0 Å². The van der Waals surface area contributed by atoms with Crippen molar-refractivity contribution < 1.29 is 0 Å². The van der Waals surface area contributed by atoms with Crippen LogP contribution < -0.4 is 10.6 Å². The lowest BCUT2D eigenvalue weighted by molar-refractivity contribution is 0.163. The Bertz CT molecular complexity index is 449. The van der Waals surface area contributed by atoms with E-state index in [1.165, 1.54) is 31.4 Å². The van der Waals surface area contributed by atoms with Crippen molar-refractivity contribution in [3.8, 4) is 0 Å². The zero-order valence-corrected chi connectivity index (χ0v) is 17.7. The molecule has 6 heteroatoms. The Morgan fingerprint density at radius 1 is 1.43 bits per heavy atom. The van der Waals surface area contributed by atoms with Crippen LogP contribution in [0.2, 0.25) is 0 Å². The molecule has 2 heterocycles. The highest BCUT2D eigenvalue weighted by atomic mass is 127. The van der Waals surface area contributed by atoms with Gasteiger partial charge in [0.1, 0.15) is 0 Å². The molecule has 0 bridgehead atoms. The third kappa shape index (κ3) is 6.97. The maximum Gasteiger partial charge on any atom is 0.191 e. The van der Waals surface area contributed by atoms with E-state index in [0.29, 0.717) is 5.92 Å². The molecule has 4 nitrogen and oxygen atoms in total. The Kier molecular flexibility index (Phi) is 10.1. The summed E-state index contributed by atoms with van der Waals surface area (Å²) >= 11 is 1.76. The fraction of sp³-hybridized carbons (Fsp3) is 0.706. The molecule has 2 atom stereocenters. The summed E-state index contributed by atoms with van der Waals surface area (Å²) in [6.07, 6.45) is 4.06. The number of thiophene rings is 1. The Hall–Kier alpha value is -0.340. The fourth-order valence-corrected chi connectivity index (χ4v) is 3.73. The molecule has 0 radical (unpaired) electrons. The molecule has 0 aromatic carbocycles. The number of hydrogen-bond donors (Lipinski definition) is 2. The summed E-state index contributed by atoms with van der Waals surface area (Å²) in [5.41, 5.74) is 1.40. The van der Waals surface area contributed by atoms with Gasteiger partial charge < -0.3 is 10.6 Å². The molecule has 23 heavy (non-hydrogen) atoms. The van der Waals surface area contributed by atoms with Crippen LogP contribution in [0.5, 0.6) is 0 Å². The van der Waals surface area contributed by atoms with E-state index in [0.717, 1.165) is 31.6 Å². The van der Waals surface area contributed by atoms with Crippen molar-refractivity contribution in [3.05, 3.63) is 22.4 Å². The molecule has 1 aliphatic rings. The molecule has 1 aromatic heterocycles. The van der Waals surface area contributed by atoms with Crippen LogP contribution in [0, 0.1) is 0 Å². The van der Waals surface area contributed by atoms with Gasteiger partial charge in [-0.3, -0.25) is 9.89 Å². The van der Waals surface area contributed by atoms with Crippen molar-refractivity contribution in [3.63, 3.8) is 0 Å². The van der Waals surface area contributed by atoms with Crippen LogP contribution in [0.1, 0.15) is 44.6 Å². The van der Waals surface area contributed by atoms with Gasteiger partial charge in [-0.05, 0) is 54.6 Å². The average molecular weight is 450 g/mol. The Balaban J connectivity index is 0.00000264. The first-order valence-electron chi connectivity index (χ1n) is 8.41. The summed E-state index contributed by atoms with van der Waals surface area (Å²) in [5, 5.41) is 11.2. The smallest absolute Gasteiger partial charge is 0.191 e. The summed E-state index contributed by atoms with van der Waals surface area (Å²) in [6.45, 7) is 8.80. The predicted octanol–water partition coefficient (Wildman–Crippen LogP) is 3.51. The third-order valence-corrected chi connectivity index (χ3v) is 5.25. The zero-order valence-electron chi connectivity index (χ0n) is 14.5. The minimum absolute atomic E-state index is 0. The first-order chi connectivity index (χ1) is 10.7. The minimum Gasteiger partial charge on any atom is -0.356 e. The van der Waals surface area contributed by atoms with Crippen LogP contribution in [0.25, 0.3) is 0 Å². The molecular formula is C17H31IN4S. The molecule has 132 valence electrons. The SMILES string of the molecule is CN=C(NCCN1CCCCC1C)NCC(C)c1ccsc1.I. The van der Waals surface area contributed by atoms with Crippen LogP contribution in [-0.2, 0) is 0 Å². The van der Waals surface area contributed by atoms with Gasteiger partial charge in [0.25, 0.3) is 0 Å². The Morgan fingerprint density at radius 2 is 2.26 bits per heavy atom. The second-order valence-corrected chi connectivity index (χ2v) is 7.00. The molecule has 0 spiro atoms. The Labute approximate surface area is 162 Å². The van der Waals surface area contributed by atoms with E-state index in [2.05, 4.69) is 51.2 Å². The van der Waals surface area contributed by atoms with Gasteiger partial charge in [-0.15, -0.1) is 24.0 Å². The first-order valence-corrected chi connectivity index (χ1v) is 9.35. The minimum atomic E-state index is 0.